The maximum absolute atomic E-state index is 9.46. The third-order valence-electron chi connectivity index (χ3n) is 4.57. The van der Waals surface area contributed by atoms with Crippen molar-refractivity contribution in [3.8, 4) is 22.9 Å². The molecule has 0 saturated heterocycles. The van der Waals surface area contributed by atoms with Gasteiger partial charge < -0.3 is 0 Å². The number of benzene rings is 1. The average Bonchev–Trinajstić information content (AvgIpc) is 2.93. The molecule has 0 N–H and O–H groups in total. The van der Waals surface area contributed by atoms with Crippen LogP contribution in [0.25, 0.3) is 22.2 Å². The first-order valence-corrected chi connectivity index (χ1v) is 8.30. The summed E-state index contributed by atoms with van der Waals surface area (Å²) in [7, 11) is 1.43. The fourth-order valence-electron chi connectivity index (χ4n) is 3.44. The van der Waals surface area contributed by atoms with Gasteiger partial charge in [-0.15, -0.1) is 0 Å². The second-order valence-electron chi connectivity index (χ2n) is 6.13. The van der Waals surface area contributed by atoms with Gasteiger partial charge in [-0.1, -0.05) is 0 Å². The van der Waals surface area contributed by atoms with Gasteiger partial charge in [-0.05, 0) is 0 Å². The summed E-state index contributed by atoms with van der Waals surface area (Å²) in [5.41, 5.74) is 6.69. The van der Waals surface area contributed by atoms with E-state index in [0.717, 1.165) is 51.1 Å². The van der Waals surface area contributed by atoms with Crippen molar-refractivity contribution >= 4 is 24.6 Å². The number of aryl methyl sites for hydroxylation is 3. The molecule has 3 aromatic rings. The molecule has 1 aromatic carbocycles. The van der Waals surface area contributed by atoms with Gasteiger partial charge in [0.2, 0.25) is 0 Å². The Bertz CT molecular complexity index is 1030. The van der Waals surface area contributed by atoms with E-state index < -0.39 is 0 Å². The molecule has 3 rings (SSSR count). The van der Waals surface area contributed by atoms with Gasteiger partial charge >= 0.3 is 148 Å². The first-order chi connectivity index (χ1) is 12.0. The maximum atomic E-state index is 9.46. The Hall–Kier alpha value is -2.87. The van der Waals surface area contributed by atoms with Crippen LogP contribution in [0, 0.1) is 32.1 Å². The van der Waals surface area contributed by atoms with Crippen LogP contribution in [0.3, 0.4) is 0 Å². The number of aromatic nitrogens is 2. The summed E-state index contributed by atoms with van der Waals surface area (Å²) in [6.45, 7) is 12.7. The summed E-state index contributed by atoms with van der Waals surface area (Å²) in [6.07, 6.45) is 2.09. The number of fused-ring (bicyclic) bond motifs is 1. The van der Waals surface area contributed by atoms with Crippen LogP contribution in [0.5, 0.6) is 5.75 Å². The Labute approximate surface area is 148 Å². The van der Waals surface area contributed by atoms with E-state index in [-0.39, 0.29) is 0 Å². The molecule has 5 heteroatoms. The Kier molecular flexibility index (Phi) is 4.46. The molecular weight excluding hydrogens is 309 g/mol. The van der Waals surface area contributed by atoms with Crippen LogP contribution >= 0.6 is 0 Å². The summed E-state index contributed by atoms with van der Waals surface area (Å²) in [4.78, 5) is 4.54. The average molecular weight is 329 g/mol. The van der Waals surface area contributed by atoms with Crippen LogP contribution in [0.2, 0.25) is 0 Å². The first kappa shape index (κ1) is 17.0. The molecule has 0 radical (unpaired) electrons. The van der Waals surface area contributed by atoms with Gasteiger partial charge in [-0.25, -0.2) is 0 Å². The van der Waals surface area contributed by atoms with Gasteiger partial charge in [-0.3, -0.25) is 0 Å². The molecule has 2 heterocycles. The number of nitrogens with zero attached hydrogens (tertiary/aromatic N) is 3. The van der Waals surface area contributed by atoms with E-state index in [1.54, 1.807) is 0 Å². The third-order valence-corrected chi connectivity index (χ3v) is 4.57. The van der Waals surface area contributed by atoms with Crippen LogP contribution in [0.1, 0.15) is 29.3 Å². The van der Waals surface area contributed by atoms with Crippen molar-refractivity contribution in [3.05, 3.63) is 46.8 Å². The van der Waals surface area contributed by atoms with E-state index in [1.807, 2.05) is 25.1 Å². The van der Waals surface area contributed by atoms with Gasteiger partial charge in [0, 0.05) is 0 Å². The molecule has 0 aliphatic rings. The topological polar surface area (TPSA) is 50.8 Å². The summed E-state index contributed by atoms with van der Waals surface area (Å²) < 4.78 is 7.64. The van der Waals surface area contributed by atoms with Crippen LogP contribution < -0.4 is 4.65 Å². The van der Waals surface area contributed by atoms with Gasteiger partial charge in [0.25, 0.3) is 0 Å². The van der Waals surface area contributed by atoms with Crippen molar-refractivity contribution in [3.63, 3.8) is 0 Å². The van der Waals surface area contributed by atoms with E-state index in [9.17, 15) is 5.26 Å². The summed E-state index contributed by atoms with van der Waals surface area (Å²) in [5, 5.41) is 10.5. The van der Waals surface area contributed by atoms with Crippen molar-refractivity contribution < 1.29 is 4.65 Å². The molecule has 0 atom stereocenters. The number of hydrogen-bond acceptors (Lipinski definition) is 3. The Morgan fingerprint density at radius 2 is 2.04 bits per heavy atom. The second-order valence-corrected chi connectivity index (χ2v) is 6.13. The van der Waals surface area contributed by atoms with Crippen molar-refractivity contribution in [2.75, 3.05) is 0 Å². The van der Waals surface area contributed by atoms with Crippen LogP contribution in [-0.4, -0.2) is 23.1 Å². The second kappa shape index (κ2) is 6.56. The number of nitriles is 1. The third kappa shape index (κ3) is 2.74. The van der Waals surface area contributed by atoms with E-state index in [2.05, 4.69) is 49.1 Å². The molecule has 25 heavy (non-hydrogen) atoms. The Morgan fingerprint density at radius 3 is 2.68 bits per heavy atom. The minimum absolute atomic E-state index is 0.421. The number of rotatable bonds is 4. The summed E-state index contributed by atoms with van der Waals surface area (Å²) in [5.74, 6) is 0.770. The van der Waals surface area contributed by atoms with Crippen LogP contribution in [0.15, 0.2) is 24.4 Å². The molecule has 0 fully saturated rings. The molecule has 0 amide bonds. The molecule has 0 unspecified atom stereocenters. The minimum atomic E-state index is 0.421. The zero-order valence-electron chi connectivity index (χ0n) is 15.1. The van der Waals surface area contributed by atoms with Gasteiger partial charge in [-0.2, -0.15) is 0 Å². The van der Waals surface area contributed by atoms with Crippen molar-refractivity contribution in [2.24, 2.45) is 0 Å². The van der Waals surface area contributed by atoms with Crippen molar-refractivity contribution in [1.29, 1.82) is 5.26 Å². The summed E-state index contributed by atoms with van der Waals surface area (Å²) in [6, 6.07) is 8.06. The SMILES string of the molecule is C=BOc1ccc(C)c(-c2cc(C#N)nc3c2c(C)cn3CC)c1C. The molecule has 0 saturated carbocycles. The molecule has 4 nitrogen and oxygen atoms in total. The Morgan fingerprint density at radius 1 is 1.28 bits per heavy atom. The zero-order valence-corrected chi connectivity index (χ0v) is 15.1. The van der Waals surface area contributed by atoms with E-state index in [1.165, 1.54) is 7.12 Å². The quantitative estimate of drug-likeness (QED) is 0.681. The number of hydrogen-bond donors (Lipinski definition) is 0. The Balaban J connectivity index is 2.44. The molecule has 0 aliphatic carbocycles. The molecular formula is C20H20BN3O. The fourth-order valence-corrected chi connectivity index (χ4v) is 3.44. The van der Waals surface area contributed by atoms with E-state index >= 15 is 0 Å². The van der Waals surface area contributed by atoms with Crippen molar-refractivity contribution in [1.82, 2.24) is 9.55 Å². The standard InChI is InChI=1S/C20H20BN3O/c1-6-24-11-13(3)19-16(9-15(10-22)23-20(19)24)18-12(2)7-8-17(14(18)4)25-21-5/h7-9,11H,5-6H2,1-4H3. The van der Waals surface area contributed by atoms with E-state index in [0.29, 0.717) is 5.69 Å². The number of pyridine rings is 1. The van der Waals surface area contributed by atoms with E-state index in [4.69, 9.17) is 4.65 Å². The predicted octanol–water partition coefficient (Wildman–Crippen LogP) is 3.95. The monoisotopic (exact) mass is 329 g/mol. The normalized spacial score (nSPS) is 10.5. The molecule has 124 valence electrons. The van der Waals surface area contributed by atoms with Gasteiger partial charge in [0.15, 0.2) is 0 Å². The summed E-state index contributed by atoms with van der Waals surface area (Å²) >= 11 is 0. The molecule has 2 aromatic heterocycles. The predicted molar refractivity (Wildman–Crippen MR) is 103 cm³/mol. The zero-order chi connectivity index (χ0) is 18.1. The molecule has 0 aliphatic heterocycles. The first-order valence-electron chi connectivity index (χ1n) is 8.30. The molecule has 0 spiro atoms. The van der Waals surface area contributed by atoms with Crippen LogP contribution in [0.4, 0.5) is 0 Å². The fraction of sp³-hybridized carbons (Fsp3) is 0.250. The van der Waals surface area contributed by atoms with Crippen LogP contribution in [-0.2, 0) is 6.54 Å². The molecule has 0 bridgehead atoms. The van der Waals surface area contributed by atoms with Crippen molar-refractivity contribution in [2.45, 2.75) is 34.2 Å². The van der Waals surface area contributed by atoms with Gasteiger partial charge in [0.1, 0.15) is 0 Å². The van der Waals surface area contributed by atoms with Gasteiger partial charge in [0.05, 0.1) is 0 Å².